The number of Topliss-reactive ketones (excluding diaryl/α,β-unsaturated/α-hetero) is 1. The molecule has 1 unspecified atom stereocenters. The Bertz CT molecular complexity index is 475. The van der Waals surface area contributed by atoms with E-state index in [0.29, 0.717) is 12.5 Å². The van der Waals surface area contributed by atoms with Gasteiger partial charge in [-0.25, -0.2) is 0 Å². The van der Waals surface area contributed by atoms with Crippen LogP contribution in [0.3, 0.4) is 0 Å². The van der Waals surface area contributed by atoms with Gasteiger partial charge in [-0.05, 0) is 31.4 Å². The number of anilines is 1. The SMILES string of the molecule is O=C1CC([NH+]2CCCCC2)C=C1Nc1ccccc1. The highest BCUT2D eigenvalue weighted by Gasteiger charge is 2.32. The van der Waals surface area contributed by atoms with Gasteiger partial charge in [0.25, 0.3) is 0 Å². The highest BCUT2D eigenvalue weighted by molar-refractivity contribution is 6.00. The molecule has 0 aromatic heterocycles. The van der Waals surface area contributed by atoms with Crippen LogP contribution in [-0.4, -0.2) is 24.9 Å². The quantitative estimate of drug-likeness (QED) is 0.858. The van der Waals surface area contributed by atoms with E-state index in [9.17, 15) is 4.79 Å². The number of rotatable bonds is 3. The molecular formula is C16H21N2O+. The molecule has 19 heavy (non-hydrogen) atoms. The molecule has 0 spiro atoms. The number of carbonyl (C=O) groups excluding carboxylic acids is 1. The molecule has 2 N–H and O–H groups in total. The van der Waals surface area contributed by atoms with Crippen molar-refractivity contribution in [3.63, 3.8) is 0 Å². The lowest BCUT2D eigenvalue weighted by atomic mass is 10.1. The second-order valence-electron chi connectivity index (χ2n) is 5.52. The number of benzene rings is 1. The van der Waals surface area contributed by atoms with Crippen molar-refractivity contribution in [2.24, 2.45) is 0 Å². The number of likely N-dealkylation sites (tertiary alicyclic amines) is 1. The largest absolute Gasteiger partial charge is 0.353 e. The molecule has 1 saturated heterocycles. The summed E-state index contributed by atoms with van der Waals surface area (Å²) in [6.45, 7) is 2.43. The van der Waals surface area contributed by atoms with Gasteiger partial charge < -0.3 is 10.2 Å². The Morgan fingerprint density at radius 2 is 1.79 bits per heavy atom. The van der Waals surface area contributed by atoms with Crippen LogP contribution in [0.1, 0.15) is 25.7 Å². The van der Waals surface area contributed by atoms with Crippen LogP contribution >= 0.6 is 0 Å². The fraction of sp³-hybridized carbons (Fsp3) is 0.438. The predicted molar refractivity (Wildman–Crippen MR) is 76.1 cm³/mol. The molecule has 1 atom stereocenters. The minimum absolute atomic E-state index is 0.256. The van der Waals surface area contributed by atoms with E-state index in [1.165, 1.54) is 32.4 Å². The van der Waals surface area contributed by atoms with Crippen molar-refractivity contribution >= 4 is 11.5 Å². The first kappa shape index (κ1) is 12.4. The third-order valence-electron chi connectivity index (χ3n) is 4.15. The standard InChI is InChI=1S/C16H20N2O/c19-16-12-14(18-9-5-2-6-10-18)11-15(16)17-13-7-3-1-4-8-13/h1,3-4,7-8,11,14,17H,2,5-6,9-10,12H2/p+1. The number of ketones is 1. The van der Waals surface area contributed by atoms with Crippen molar-refractivity contribution in [2.75, 3.05) is 18.4 Å². The summed E-state index contributed by atoms with van der Waals surface area (Å²) in [6.07, 6.45) is 6.77. The van der Waals surface area contributed by atoms with Crippen molar-refractivity contribution in [3.8, 4) is 0 Å². The van der Waals surface area contributed by atoms with E-state index in [4.69, 9.17) is 0 Å². The van der Waals surface area contributed by atoms with E-state index in [0.717, 1.165) is 11.4 Å². The summed E-state index contributed by atoms with van der Waals surface area (Å²) in [5, 5.41) is 3.26. The van der Waals surface area contributed by atoms with Crippen LogP contribution in [-0.2, 0) is 4.79 Å². The molecule has 0 amide bonds. The van der Waals surface area contributed by atoms with E-state index >= 15 is 0 Å². The minimum atomic E-state index is 0.256. The van der Waals surface area contributed by atoms with Gasteiger partial charge in [0.05, 0.1) is 25.2 Å². The van der Waals surface area contributed by atoms with Gasteiger partial charge in [0.2, 0.25) is 0 Å². The van der Waals surface area contributed by atoms with Crippen molar-refractivity contribution in [3.05, 3.63) is 42.1 Å². The number of carbonyl (C=O) groups is 1. The maximum atomic E-state index is 12.1. The summed E-state index contributed by atoms with van der Waals surface area (Å²) in [5.74, 6) is 0.256. The number of quaternary nitrogens is 1. The molecule has 3 rings (SSSR count). The summed E-state index contributed by atoms with van der Waals surface area (Å²) in [7, 11) is 0. The smallest absolute Gasteiger partial charge is 0.185 e. The molecule has 1 heterocycles. The van der Waals surface area contributed by atoms with Crippen LogP contribution in [0.4, 0.5) is 5.69 Å². The zero-order valence-electron chi connectivity index (χ0n) is 11.2. The first-order chi connectivity index (χ1) is 9.33. The molecule has 2 aliphatic rings. The second-order valence-corrected chi connectivity index (χ2v) is 5.52. The van der Waals surface area contributed by atoms with Crippen LogP contribution in [0.2, 0.25) is 0 Å². The maximum absolute atomic E-state index is 12.1. The van der Waals surface area contributed by atoms with E-state index in [-0.39, 0.29) is 5.78 Å². The molecule has 1 aromatic rings. The zero-order valence-corrected chi connectivity index (χ0v) is 11.2. The molecule has 0 bridgehead atoms. The van der Waals surface area contributed by atoms with Crippen molar-refractivity contribution < 1.29 is 9.69 Å². The van der Waals surface area contributed by atoms with E-state index in [1.807, 2.05) is 30.3 Å². The molecular weight excluding hydrogens is 236 g/mol. The van der Waals surface area contributed by atoms with Gasteiger partial charge in [0.1, 0.15) is 6.04 Å². The van der Waals surface area contributed by atoms with E-state index in [1.54, 1.807) is 4.90 Å². The fourth-order valence-corrected chi connectivity index (χ4v) is 3.09. The molecule has 0 radical (unpaired) electrons. The number of piperidine rings is 1. The Labute approximate surface area is 114 Å². The first-order valence-corrected chi connectivity index (χ1v) is 7.24. The number of para-hydroxylation sites is 1. The molecule has 0 saturated carbocycles. The fourth-order valence-electron chi connectivity index (χ4n) is 3.09. The summed E-state index contributed by atoms with van der Waals surface area (Å²) in [6, 6.07) is 10.3. The monoisotopic (exact) mass is 257 g/mol. The van der Waals surface area contributed by atoms with Crippen LogP contribution in [0, 0.1) is 0 Å². The van der Waals surface area contributed by atoms with E-state index in [2.05, 4.69) is 11.4 Å². The molecule has 3 nitrogen and oxygen atoms in total. The van der Waals surface area contributed by atoms with Crippen molar-refractivity contribution in [2.45, 2.75) is 31.7 Å². The number of hydrogen-bond acceptors (Lipinski definition) is 2. The molecule has 3 heteroatoms. The third kappa shape index (κ3) is 2.87. The molecule has 100 valence electrons. The van der Waals surface area contributed by atoms with Gasteiger partial charge in [0, 0.05) is 11.8 Å². The number of nitrogens with one attached hydrogen (secondary N) is 2. The van der Waals surface area contributed by atoms with Crippen LogP contribution in [0.5, 0.6) is 0 Å². The van der Waals surface area contributed by atoms with E-state index < -0.39 is 0 Å². The minimum Gasteiger partial charge on any atom is -0.353 e. The molecule has 1 aromatic carbocycles. The summed E-state index contributed by atoms with van der Waals surface area (Å²) in [4.78, 5) is 13.7. The van der Waals surface area contributed by atoms with Gasteiger partial charge >= 0.3 is 0 Å². The summed E-state index contributed by atoms with van der Waals surface area (Å²) < 4.78 is 0. The number of allylic oxidation sites excluding steroid dienone is 1. The molecule has 1 aliphatic heterocycles. The van der Waals surface area contributed by atoms with Gasteiger partial charge in [-0.1, -0.05) is 18.2 Å². The Kier molecular flexibility index (Phi) is 3.65. The van der Waals surface area contributed by atoms with Crippen LogP contribution in [0.25, 0.3) is 0 Å². The Morgan fingerprint density at radius 3 is 2.53 bits per heavy atom. The third-order valence-corrected chi connectivity index (χ3v) is 4.15. The average Bonchev–Trinajstić information content (AvgIpc) is 2.82. The van der Waals surface area contributed by atoms with Crippen molar-refractivity contribution in [1.82, 2.24) is 0 Å². The van der Waals surface area contributed by atoms with Gasteiger partial charge in [-0.2, -0.15) is 0 Å². The van der Waals surface area contributed by atoms with Crippen LogP contribution in [0.15, 0.2) is 42.1 Å². The number of hydrogen-bond donors (Lipinski definition) is 2. The average molecular weight is 257 g/mol. The lowest BCUT2D eigenvalue weighted by Crippen LogP contribution is -3.16. The van der Waals surface area contributed by atoms with Crippen molar-refractivity contribution in [1.29, 1.82) is 0 Å². The lowest BCUT2D eigenvalue weighted by molar-refractivity contribution is -0.922. The second kappa shape index (κ2) is 5.57. The van der Waals surface area contributed by atoms with Gasteiger partial charge in [0.15, 0.2) is 5.78 Å². The normalized spacial score (nSPS) is 24.3. The zero-order chi connectivity index (χ0) is 13.1. The molecule has 1 aliphatic carbocycles. The summed E-state index contributed by atoms with van der Waals surface area (Å²) >= 11 is 0. The highest BCUT2D eigenvalue weighted by Crippen LogP contribution is 2.17. The first-order valence-electron chi connectivity index (χ1n) is 7.24. The van der Waals surface area contributed by atoms with Gasteiger partial charge in [-0.3, -0.25) is 4.79 Å². The lowest BCUT2D eigenvalue weighted by Gasteiger charge is -2.27. The topological polar surface area (TPSA) is 33.5 Å². The predicted octanol–water partition coefficient (Wildman–Crippen LogP) is 1.39. The van der Waals surface area contributed by atoms with Gasteiger partial charge in [-0.15, -0.1) is 0 Å². The Morgan fingerprint density at radius 1 is 1.05 bits per heavy atom. The maximum Gasteiger partial charge on any atom is 0.185 e. The summed E-state index contributed by atoms with van der Waals surface area (Å²) in [5.41, 5.74) is 1.78. The van der Waals surface area contributed by atoms with Crippen LogP contribution < -0.4 is 10.2 Å². The highest BCUT2D eigenvalue weighted by atomic mass is 16.1. The Hall–Kier alpha value is -1.61. The molecule has 1 fully saturated rings. The Balaban J connectivity index is 1.69.